The third-order valence-electron chi connectivity index (χ3n) is 19.3. The first kappa shape index (κ1) is 56.4. The molecule has 2 aliphatic heterocycles. The summed E-state index contributed by atoms with van der Waals surface area (Å²) in [5.74, 6) is 0. The van der Waals surface area contributed by atoms with Crippen LogP contribution >= 0.6 is 11.3 Å². The predicted molar refractivity (Wildman–Crippen MR) is 388 cm³/mol. The molecule has 0 bridgehead atoms. The van der Waals surface area contributed by atoms with Gasteiger partial charge in [0.05, 0.1) is 16.7 Å². The van der Waals surface area contributed by atoms with Gasteiger partial charge in [0.15, 0.2) is 0 Å². The minimum atomic E-state index is -0.0850. The van der Waals surface area contributed by atoms with Crippen molar-refractivity contribution in [2.24, 2.45) is 0 Å². The monoisotopic (exact) mass is 1170 g/mol. The molecule has 2 aliphatic rings. The number of fused-ring (bicyclic) bond motifs is 10. The molecule has 0 N–H and O–H groups in total. The summed E-state index contributed by atoms with van der Waals surface area (Å²) in [5, 5.41) is 5.13. The first-order valence-electron chi connectivity index (χ1n) is 31.8. The predicted octanol–water partition coefficient (Wildman–Crippen LogP) is 21.8. The molecule has 11 aromatic carbocycles. The summed E-state index contributed by atoms with van der Waals surface area (Å²) in [6.45, 7) is 32.4. The second-order valence-corrected chi connectivity index (χ2v) is 29.7. The van der Waals surface area contributed by atoms with Gasteiger partial charge in [-0.2, -0.15) is 0 Å². The van der Waals surface area contributed by atoms with Crippen LogP contribution in [0, 0.1) is 34.6 Å². The van der Waals surface area contributed by atoms with Crippen molar-refractivity contribution < 1.29 is 0 Å². The molecule has 2 aromatic heterocycles. The van der Waals surface area contributed by atoms with Gasteiger partial charge in [0, 0.05) is 82.1 Å². The van der Waals surface area contributed by atoms with Crippen molar-refractivity contribution in [1.82, 2.24) is 4.57 Å². The Morgan fingerprint density at radius 1 is 0.371 bits per heavy atom. The summed E-state index contributed by atoms with van der Waals surface area (Å²) in [7, 11) is 0. The zero-order chi connectivity index (χ0) is 61.7. The van der Waals surface area contributed by atoms with E-state index in [2.05, 4.69) is 329 Å². The average Bonchev–Trinajstić information content (AvgIpc) is 1.41. The van der Waals surface area contributed by atoms with Crippen molar-refractivity contribution in [2.75, 3.05) is 14.7 Å². The Hall–Kier alpha value is -9.10. The number of nitrogens with zero attached hydrogens (tertiary/aromatic N) is 4. The van der Waals surface area contributed by atoms with E-state index < -0.39 is 0 Å². The number of hydrogen-bond donors (Lipinski definition) is 0. The van der Waals surface area contributed by atoms with Crippen LogP contribution in [0.4, 0.5) is 51.2 Å². The van der Waals surface area contributed by atoms with E-state index in [1.54, 1.807) is 0 Å². The molecule has 0 spiro atoms. The Morgan fingerprint density at radius 2 is 0.910 bits per heavy atom. The number of aryl methyl sites for hydroxylation is 5. The van der Waals surface area contributed by atoms with Crippen molar-refractivity contribution in [3.05, 3.63) is 257 Å². The lowest BCUT2D eigenvalue weighted by atomic mass is 9.33. The second kappa shape index (κ2) is 20.5. The summed E-state index contributed by atoms with van der Waals surface area (Å²) >= 11 is 1.89. The third kappa shape index (κ3) is 9.23. The molecular weight excluding hydrogens is 1100 g/mol. The van der Waals surface area contributed by atoms with Crippen molar-refractivity contribution in [2.45, 2.75) is 113 Å². The highest BCUT2D eigenvalue weighted by Gasteiger charge is 2.44. The highest BCUT2D eigenvalue weighted by atomic mass is 32.1. The van der Waals surface area contributed by atoms with Crippen LogP contribution in [0.15, 0.2) is 212 Å². The number of aromatic nitrogens is 1. The van der Waals surface area contributed by atoms with Crippen LogP contribution in [-0.2, 0) is 16.2 Å². The largest absolute Gasteiger partial charge is 0.311 e. The first-order chi connectivity index (χ1) is 42.6. The maximum atomic E-state index is 2.62. The molecule has 0 saturated heterocycles. The van der Waals surface area contributed by atoms with Gasteiger partial charge in [-0.1, -0.05) is 178 Å². The molecular formula is C83H77BN4S. The van der Waals surface area contributed by atoms with E-state index in [0.29, 0.717) is 0 Å². The van der Waals surface area contributed by atoms with Gasteiger partial charge in [0.1, 0.15) is 0 Å². The molecule has 4 nitrogen and oxygen atoms in total. The summed E-state index contributed by atoms with van der Waals surface area (Å²) < 4.78 is 5.10. The van der Waals surface area contributed by atoms with Crippen molar-refractivity contribution in [3.8, 4) is 16.8 Å². The lowest BCUT2D eigenvalue weighted by Gasteiger charge is -2.45. The molecule has 4 heterocycles. The Kier molecular flexibility index (Phi) is 13.0. The molecule has 89 heavy (non-hydrogen) atoms. The zero-order valence-corrected chi connectivity index (χ0v) is 54.8. The highest BCUT2D eigenvalue weighted by Crippen LogP contribution is 2.50. The van der Waals surface area contributed by atoms with Crippen LogP contribution in [0.5, 0.6) is 0 Å². The van der Waals surface area contributed by atoms with E-state index in [1.165, 1.54) is 148 Å². The van der Waals surface area contributed by atoms with E-state index in [4.69, 9.17) is 0 Å². The van der Waals surface area contributed by atoms with Crippen LogP contribution < -0.4 is 31.1 Å². The molecule has 0 aliphatic carbocycles. The maximum Gasteiger partial charge on any atom is 0.252 e. The molecule has 0 radical (unpaired) electrons. The number of para-hydroxylation sites is 2. The summed E-state index contributed by atoms with van der Waals surface area (Å²) in [4.78, 5) is 7.77. The lowest BCUT2D eigenvalue weighted by molar-refractivity contribution is 0.589. The van der Waals surface area contributed by atoms with Gasteiger partial charge in [-0.15, -0.1) is 11.3 Å². The molecule has 0 fully saturated rings. The van der Waals surface area contributed by atoms with E-state index >= 15 is 0 Å². The van der Waals surface area contributed by atoms with Crippen molar-refractivity contribution >= 4 is 128 Å². The number of hydrogen-bond acceptors (Lipinski definition) is 4. The summed E-state index contributed by atoms with van der Waals surface area (Å²) in [6, 6.07) is 81.7. The molecule has 438 valence electrons. The number of rotatable bonds is 7. The lowest BCUT2D eigenvalue weighted by Crippen LogP contribution is -2.61. The van der Waals surface area contributed by atoms with E-state index in [0.717, 1.165) is 22.7 Å². The molecule has 13 aromatic rings. The smallest absolute Gasteiger partial charge is 0.252 e. The number of anilines is 9. The van der Waals surface area contributed by atoms with Crippen molar-refractivity contribution in [1.29, 1.82) is 0 Å². The standard InChI is InChI=1S/C83H77BN4S/c1-50-40-74-79-75(41-50)88(63-44-51(2)78(52(3)45-63)55-28-36-67-66-25-19-21-27-76(66)89-77(67)46-55)72-47-57(82(9,10)11)31-38-68(72)84(79)69-39-35-62(49-73(69)87(74)60-32-29-56(30-33-60)81(6,7)8)85(80-53(4)42-58(43-54(80)5)83(12,13)14)61-34-37-65-64-24-18-20-26-70(64)86(71(65)48-61)59-22-16-15-17-23-59/h15-49H,1-14H3. The fraction of sp³-hybridized carbons (Fsp3) is 0.205. The van der Waals surface area contributed by atoms with Crippen molar-refractivity contribution in [3.63, 3.8) is 0 Å². The van der Waals surface area contributed by atoms with Gasteiger partial charge < -0.3 is 19.3 Å². The van der Waals surface area contributed by atoms with Crippen LogP contribution in [0.2, 0.25) is 0 Å². The normalized spacial score (nSPS) is 13.2. The fourth-order valence-electron chi connectivity index (χ4n) is 14.9. The Balaban J connectivity index is 0.969. The topological polar surface area (TPSA) is 14.7 Å². The second-order valence-electron chi connectivity index (χ2n) is 28.6. The summed E-state index contributed by atoms with van der Waals surface area (Å²) in [5.41, 5.74) is 30.6. The van der Waals surface area contributed by atoms with Gasteiger partial charge in [0.2, 0.25) is 0 Å². The first-order valence-corrected chi connectivity index (χ1v) is 32.6. The van der Waals surface area contributed by atoms with Crippen LogP contribution in [0.25, 0.3) is 58.8 Å². The van der Waals surface area contributed by atoms with Gasteiger partial charge in [-0.3, -0.25) is 0 Å². The van der Waals surface area contributed by atoms with Gasteiger partial charge in [0.25, 0.3) is 6.71 Å². The van der Waals surface area contributed by atoms with Gasteiger partial charge in [-0.25, -0.2) is 0 Å². The highest BCUT2D eigenvalue weighted by molar-refractivity contribution is 7.25. The molecule has 15 rings (SSSR count). The minimum absolute atomic E-state index is 0.0154. The Morgan fingerprint density at radius 3 is 1.58 bits per heavy atom. The Bertz CT molecular complexity index is 4990. The average molecular weight is 1170 g/mol. The van der Waals surface area contributed by atoms with E-state index in [9.17, 15) is 0 Å². The Labute approximate surface area is 530 Å². The van der Waals surface area contributed by atoms with E-state index in [-0.39, 0.29) is 23.0 Å². The molecule has 0 saturated carbocycles. The van der Waals surface area contributed by atoms with Gasteiger partial charge in [-0.05, 0) is 220 Å². The number of benzene rings is 11. The van der Waals surface area contributed by atoms with Crippen LogP contribution in [0.3, 0.4) is 0 Å². The van der Waals surface area contributed by atoms with Gasteiger partial charge >= 0.3 is 0 Å². The third-order valence-corrected chi connectivity index (χ3v) is 20.4. The van der Waals surface area contributed by atoms with Crippen LogP contribution in [-0.4, -0.2) is 11.3 Å². The molecule has 0 atom stereocenters. The maximum absolute atomic E-state index is 2.62. The number of thiophene rings is 1. The fourth-order valence-corrected chi connectivity index (χ4v) is 16.0. The summed E-state index contributed by atoms with van der Waals surface area (Å²) in [6.07, 6.45) is 0. The van der Waals surface area contributed by atoms with E-state index in [1.807, 2.05) is 11.3 Å². The minimum Gasteiger partial charge on any atom is -0.311 e. The SMILES string of the molecule is Cc1cc2c3c(c1)N(c1cc(C)c(-c4ccc5c(c4)sc4ccccc45)c(C)c1)c1cc(C(C)(C)C)ccc1B3c1ccc(N(c3ccc4c5ccccc5n(-c5ccccc5)c4c3)c3c(C)cc(C(C)(C)C)cc3C)cc1N2c1ccc(C(C)(C)C)cc1. The molecule has 6 heteroatoms. The molecule has 0 unspecified atom stereocenters. The zero-order valence-electron chi connectivity index (χ0n) is 54.0. The molecule has 0 amide bonds. The van der Waals surface area contributed by atoms with Crippen LogP contribution in [0.1, 0.15) is 107 Å². The quantitative estimate of drug-likeness (QED) is 0.148.